The van der Waals surface area contributed by atoms with Crippen molar-refractivity contribution in [2.75, 3.05) is 39.0 Å². The molecule has 0 aromatic heterocycles. The average Bonchev–Trinajstić information content (AvgIpc) is 3.78. The average molecular weight is 767 g/mol. The van der Waals surface area contributed by atoms with Gasteiger partial charge in [-0.3, -0.25) is 14.9 Å². The molecule has 0 spiro atoms. The molecule has 2 N–H and O–H groups in total. The first kappa shape index (κ1) is 41.1. The zero-order valence-corrected chi connectivity index (χ0v) is 32.0. The van der Waals surface area contributed by atoms with Crippen LogP contribution in [0.25, 0.3) is 0 Å². The Balaban J connectivity index is 1.69. The van der Waals surface area contributed by atoms with Crippen molar-refractivity contribution in [3.05, 3.63) is 51.4 Å². The van der Waals surface area contributed by atoms with Crippen LogP contribution in [0.4, 0.5) is 10.5 Å². The second-order valence-electron chi connectivity index (χ2n) is 13.4. The van der Waals surface area contributed by atoms with E-state index in [9.17, 15) is 29.2 Å². The minimum atomic E-state index is -1.77. The zero-order valence-electron chi connectivity index (χ0n) is 30.4. The van der Waals surface area contributed by atoms with Gasteiger partial charge in [-0.15, -0.1) is 4.91 Å². The highest BCUT2D eigenvalue weighted by atomic mass is 35.5. The van der Waals surface area contributed by atoms with Gasteiger partial charge >= 0.3 is 12.1 Å². The van der Waals surface area contributed by atoms with Gasteiger partial charge in [0.1, 0.15) is 40.7 Å². The molecule has 3 amide bonds. The number of allylic oxidation sites excluding steroid dienone is 3. The fourth-order valence-electron chi connectivity index (χ4n) is 6.40. The monoisotopic (exact) mass is 766 g/mol. The van der Waals surface area contributed by atoms with Crippen molar-refractivity contribution in [2.24, 2.45) is 4.58 Å². The predicted octanol–water partition coefficient (Wildman–Crippen LogP) is 4.46. The van der Waals surface area contributed by atoms with Gasteiger partial charge in [0.2, 0.25) is 11.8 Å². The summed E-state index contributed by atoms with van der Waals surface area (Å²) in [6.07, 6.45) is 1.97. The van der Waals surface area contributed by atoms with Crippen LogP contribution in [0.2, 0.25) is 5.02 Å². The van der Waals surface area contributed by atoms with Crippen LogP contribution in [0.15, 0.2) is 40.5 Å². The molecule has 2 saturated heterocycles. The maximum absolute atomic E-state index is 14.0. The van der Waals surface area contributed by atoms with Crippen molar-refractivity contribution in [3.8, 4) is 5.75 Å². The number of nitrogens with zero attached hydrogens (tertiary/aromatic N) is 3. The second-order valence-corrected chi connectivity index (χ2v) is 14.6. The maximum atomic E-state index is 14.0. The molecule has 2 fully saturated rings. The van der Waals surface area contributed by atoms with Crippen LogP contribution in [-0.2, 0) is 39.8 Å². The number of hydrogen-bond donors (Lipinski definition) is 2. The SMILES string of the molecule is COc1cc2cc(c1Cl)N(C)C(=O)C[C@@H](OC(=O)[C@H](C)N(C)C(=O)CCSN=O)[C@]1(C)OC1CC[C@@H]1C[C@@](O)(NC(=O)O1)[C@H](OC)/C=C\C=C(/C)C2. The molecule has 3 aliphatic heterocycles. The summed E-state index contributed by atoms with van der Waals surface area (Å²) in [5, 5.41) is 14.2. The molecule has 4 bridgehead atoms. The number of hydrogen-bond acceptors (Lipinski definition) is 13. The zero-order chi connectivity index (χ0) is 38.4. The first-order valence-corrected chi connectivity index (χ1v) is 18.2. The molecule has 0 radical (unpaired) electrons. The lowest BCUT2D eigenvalue weighted by Crippen LogP contribution is -2.62. The van der Waals surface area contributed by atoms with E-state index in [0.717, 1.165) is 11.1 Å². The number of benzene rings is 1. The molecule has 286 valence electrons. The molecule has 7 atom stereocenters. The van der Waals surface area contributed by atoms with Gasteiger partial charge in [0, 0.05) is 56.3 Å². The van der Waals surface area contributed by atoms with E-state index < -0.39 is 65.7 Å². The number of alkyl carbamates (subject to hydrolysis) is 1. The lowest BCUT2D eigenvalue weighted by Gasteiger charge is -2.40. The van der Waals surface area contributed by atoms with Crippen LogP contribution in [0.1, 0.15) is 58.4 Å². The van der Waals surface area contributed by atoms with Gasteiger partial charge in [-0.1, -0.05) is 35.4 Å². The highest BCUT2D eigenvalue weighted by Crippen LogP contribution is 2.46. The van der Waals surface area contributed by atoms with Crippen LogP contribution in [0.5, 0.6) is 5.75 Å². The van der Waals surface area contributed by atoms with Crippen LogP contribution >= 0.6 is 23.5 Å². The number of rotatable bonds is 9. The Labute approximate surface area is 312 Å². The standard InChI is InChI=1S/C35H47ClN4O11S/c1-20-9-8-10-27(48-7)35(45)19-23(49-33(44)37-35)11-12-26-34(3,51-26)28(50-32(43)21(2)39(4)29(41)13-14-52-38-46)18-30(42)40(5)24-16-22(15-20)17-25(47-6)31(24)36/h8-10,16-17,21,23,26-28,45H,11-15,18-19H2,1-7H3,(H,37,44)/b10-8-,20-9+/t21-,23+,26?,27+,28+,34+,35-/m0/s1. The third-order valence-corrected chi connectivity index (χ3v) is 10.7. The minimum Gasteiger partial charge on any atom is -0.495 e. The Kier molecular flexibility index (Phi) is 13.8. The number of nitrogens with one attached hydrogen (secondary N) is 1. The number of halogens is 1. The second kappa shape index (κ2) is 17.4. The van der Waals surface area contributed by atoms with E-state index in [1.54, 1.807) is 38.3 Å². The van der Waals surface area contributed by atoms with E-state index in [1.165, 1.54) is 38.0 Å². The van der Waals surface area contributed by atoms with Crippen molar-refractivity contribution in [1.29, 1.82) is 0 Å². The fourth-order valence-corrected chi connectivity index (χ4v) is 7.06. The first-order chi connectivity index (χ1) is 24.6. The third-order valence-electron chi connectivity index (χ3n) is 9.80. The van der Waals surface area contributed by atoms with Crippen LogP contribution < -0.4 is 15.0 Å². The summed E-state index contributed by atoms with van der Waals surface area (Å²) in [6.45, 7) is 5.13. The molecular weight excluding hydrogens is 720 g/mol. The van der Waals surface area contributed by atoms with Gasteiger partial charge in [0.05, 0.1) is 25.3 Å². The van der Waals surface area contributed by atoms with Gasteiger partial charge in [-0.25, -0.2) is 9.59 Å². The molecular formula is C35H47ClN4O11S. The topological polar surface area (TPSA) is 186 Å². The van der Waals surface area contributed by atoms with Crippen LogP contribution in [0, 0.1) is 4.91 Å². The van der Waals surface area contributed by atoms with E-state index in [0.29, 0.717) is 36.2 Å². The van der Waals surface area contributed by atoms with E-state index in [1.807, 2.05) is 13.0 Å². The number of likely N-dealkylation sites (N-methyl/N-ethyl adjacent to an activating group) is 1. The van der Waals surface area contributed by atoms with Crippen molar-refractivity contribution >= 4 is 53.1 Å². The van der Waals surface area contributed by atoms with Crippen molar-refractivity contribution in [2.45, 2.75) is 101 Å². The highest BCUT2D eigenvalue weighted by molar-refractivity contribution is 7.97. The predicted molar refractivity (Wildman–Crippen MR) is 194 cm³/mol. The van der Waals surface area contributed by atoms with Gasteiger partial charge < -0.3 is 38.6 Å². The van der Waals surface area contributed by atoms with Crippen molar-refractivity contribution in [3.63, 3.8) is 0 Å². The van der Waals surface area contributed by atoms with Gasteiger partial charge in [0.25, 0.3) is 0 Å². The van der Waals surface area contributed by atoms with Gasteiger partial charge in [-0.2, -0.15) is 0 Å². The summed E-state index contributed by atoms with van der Waals surface area (Å²) in [6, 6.07) is 2.52. The lowest BCUT2D eigenvalue weighted by atomic mass is 9.90. The van der Waals surface area contributed by atoms with Crippen LogP contribution in [-0.4, -0.2) is 110 Å². The number of ether oxygens (including phenoxy) is 5. The van der Waals surface area contributed by atoms with Crippen molar-refractivity contribution in [1.82, 2.24) is 10.2 Å². The number of amides is 3. The van der Waals surface area contributed by atoms with Gasteiger partial charge in [-0.05, 0) is 57.7 Å². The molecule has 3 heterocycles. The van der Waals surface area contributed by atoms with Crippen molar-refractivity contribution < 1.29 is 48.0 Å². The Morgan fingerprint density at radius 2 is 2.00 bits per heavy atom. The Bertz CT molecular complexity index is 1590. The Morgan fingerprint density at radius 3 is 2.67 bits per heavy atom. The maximum Gasteiger partial charge on any atom is 0.409 e. The number of aliphatic hydroxyl groups is 1. The third kappa shape index (κ3) is 9.64. The van der Waals surface area contributed by atoms with E-state index in [-0.39, 0.29) is 36.5 Å². The summed E-state index contributed by atoms with van der Waals surface area (Å²) in [7, 11) is 5.92. The number of fused-ring (bicyclic) bond motifs is 5. The molecule has 0 aliphatic carbocycles. The fraction of sp³-hybridized carbons (Fsp3) is 0.600. The summed E-state index contributed by atoms with van der Waals surface area (Å²) in [5.41, 5.74) is -0.807. The largest absolute Gasteiger partial charge is 0.495 e. The molecule has 1 unspecified atom stereocenters. The minimum absolute atomic E-state index is 0.0159. The first-order valence-electron chi connectivity index (χ1n) is 16.9. The molecule has 15 nitrogen and oxygen atoms in total. The summed E-state index contributed by atoms with van der Waals surface area (Å²) >= 11 is 7.43. The molecule has 1 aromatic carbocycles. The van der Waals surface area contributed by atoms with E-state index in [2.05, 4.69) is 9.90 Å². The van der Waals surface area contributed by atoms with Crippen LogP contribution in [0.3, 0.4) is 0 Å². The molecule has 0 saturated carbocycles. The number of anilines is 1. The lowest BCUT2D eigenvalue weighted by molar-refractivity contribution is -0.161. The molecule has 52 heavy (non-hydrogen) atoms. The Hall–Kier alpha value is -3.70. The number of esters is 1. The normalized spacial score (nSPS) is 30.2. The smallest absolute Gasteiger partial charge is 0.409 e. The van der Waals surface area contributed by atoms with E-state index in [4.69, 9.17) is 35.3 Å². The molecule has 3 aliphatic rings. The molecule has 1 aromatic rings. The van der Waals surface area contributed by atoms with Gasteiger partial charge in [0.15, 0.2) is 5.72 Å². The summed E-state index contributed by atoms with van der Waals surface area (Å²) < 4.78 is 31.4. The summed E-state index contributed by atoms with van der Waals surface area (Å²) in [4.78, 5) is 65.8. The quantitative estimate of drug-likeness (QED) is 0.118. The summed E-state index contributed by atoms with van der Waals surface area (Å²) in [5.74, 6) is -1.08. The number of carbonyl (C=O) groups excluding carboxylic acids is 4. The number of carbonyl (C=O) groups is 4. The number of nitroso groups, excluding NO2 is 1. The molecule has 4 rings (SSSR count). The molecule has 17 heteroatoms. The Morgan fingerprint density at radius 1 is 1.27 bits per heavy atom. The highest BCUT2D eigenvalue weighted by Gasteiger charge is 2.60. The number of epoxide rings is 1. The van der Waals surface area contributed by atoms with E-state index >= 15 is 0 Å². The number of methoxy groups -OCH3 is 2.